The van der Waals surface area contributed by atoms with Crippen molar-refractivity contribution in [2.24, 2.45) is 0 Å². The van der Waals surface area contributed by atoms with Crippen molar-refractivity contribution in [3.63, 3.8) is 0 Å². The van der Waals surface area contributed by atoms with Gasteiger partial charge in [0.1, 0.15) is 39.0 Å². The molecular formula is C43H53F2N5O8S. The van der Waals surface area contributed by atoms with Gasteiger partial charge in [0.05, 0.1) is 22.7 Å². The van der Waals surface area contributed by atoms with Crippen LogP contribution in [-0.2, 0) is 29.8 Å². The van der Waals surface area contributed by atoms with Crippen LogP contribution in [0.2, 0.25) is 0 Å². The summed E-state index contributed by atoms with van der Waals surface area (Å²) in [6, 6.07) is 8.70. The average molecular weight is 838 g/mol. The fourth-order valence-electron chi connectivity index (χ4n) is 7.11. The molecule has 6 rings (SSSR count). The molecule has 59 heavy (non-hydrogen) atoms. The Hall–Kier alpha value is -5.12. The van der Waals surface area contributed by atoms with Crippen LogP contribution in [0.25, 0.3) is 22.2 Å². The van der Waals surface area contributed by atoms with Gasteiger partial charge in [0.25, 0.3) is 0 Å². The van der Waals surface area contributed by atoms with Gasteiger partial charge in [-0.2, -0.15) is 10.00 Å². The van der Waals surface area contributed by atoms with Crippen LogP contribution in [0.1, 0.15) is 124 Å². The predicted octanol–water partition coefficient (Wildman–Crippen LogP) is 9.91. The number of imide groups is 1. The lowest BCUT2D eigenvalue weighted by atomic mass is 9.81. The normalized spacial score (nSPS) is 17.7. The lowest BCUT2D eigenvalue weighted by molar-refractivity contribution is 0.0425. The molecule has 0 saturated heterocycles. The molecule has 1 N–H and O–H groups in total. The monoisotopic (exact) mass is 837 g/mol. The third-order valence-corrected chi connectivity index (χ3v) is 11.4. The predicted molar refractivity (Wildman–Crippen MR) is 218 cm³/mol. The van der Waals surface area contributed by atoms with Crippen molar-refractivity contribution in [2.75, 3.05) is 4.90 Å². The number of alkyl carbamates (subject to hydrolysis) is 1. The maximum Gasteiger partial charge on any atom is 0.425 e. The quantitative estimate of drug-likeness (QED) is 0.169. The Balaban J connectivity index is 1.49. The molecule has 2 saturated carbocycles. The van der Waals surface area contributed by atoms with E-state index in [9.17, 15) is 27.2 Å². The number of anilines is 1. The Labute approximate surface area is 343 Å². The zero-order valence-electron chi connectivity index (χ0n) is 35.0. The van der Waals surface area contributed by atoms with Crippen LogP contribution >= 0.6 is 0 Å². The molecule has 3 amide bonds. The first kappa shape index (κ1) is 43.5. The Bertz CT molecular complexity index is 2340. The van der Waals surface area contributed by atoms with E-state index in [4.69, 9.17) is 24.3 Å². The second kappa shape index (κ2) is 16.1. The molecule has 2 aromatic heterocycles. The van der Waals surface area contributed by atoms with E-state index >= 15 is 4.39 Å². The molecule has 13 nitrogen and oxygen atoms in total. The Kier molecular flexibility index (Phi) is 11.9. The number of ether oxygens (including phenoxy) is 3. The number of amides is 3. The van der Waals surface area contributed by atoms with Gasteiger partial charge in [0, 0.05) is 23.4 Å². The van der Waals surface area contributed by atoms with Crippen molar-refractivity contribution in [1.82, 2.24) is 20.1 Å². The second-order valence-corrected chi connectivity index (χ2v) is 20.2. The summed E-state index contributed by atoms with van der Waals surface area (Å²) in [6.07, 6.45) is 3.23. The van der Waals surface area contributed by atoms with Gasteiger partial charge in [0.15, 0.2) is 15.7 Å². The van der Waals surface area contributed by atoms with Crippen molar-refractivity contribution in [3.05, 3.63) is 71.4 Å². The number of carbonyl (C=O) groups excluding carboxylic acids is 3. The average Bonchev–Trinajstić information content (AvgIpc) is 3.86. The maximum absolute atomic E-state index is 16.1. The van der Waals surface area contributed by atoms with Crippen LogP contribution in [0.15, 0.2) is 53.6 Å². The van der Waals surface area contributed by atoms with Crippen molar-refractivity contribution in [3.8, 4) is 11.3 Å². The Morgan fingerprint density at radius 3 is 1.95 bits per heavy atom. The summed E-state index contributed by atoms with van der Waals surface area (Å²) in [5.41, 5.74) is -1.08. The number of nitrogens with one attached hydrogen (secondary N) is 1. The van der Waals surface area contributed by atoms with Gasteiger partial charge < -0.3 is 19.5 Å². The first-order chi connectivity index (χ1) is 27.4. The maximum atomic E-state index is 16.1. The second-order valence-electron chi connectivity index (χ2n) is 18.3. The number of fused-ring (bicyclic) bond motifs is 1. The fraction of sp³-hybridized carbons (Fsp3) is 0.512. The zero-order valence-corrected chi connectivity index (χ0v) is 35.8. The SMILES string of the molecule is CC(C)(C)OC(=O)NC1CCC(c2cnc(N(C(=O)OC(C)(C)C)C(=O)OC(C)(C)C)c3c(-c4ccc(CS(=O)(=O)c5ccccc5F)c(F)c4)nn(C4CC4)c23)CC1. The molecule has 0 aliphatic heterocycles. The highest BCUT2D eigenvalue weighted by Gasteiger charge is 2.40. The smallest absolute Gasteiger partial charge is 0.425 e. The highest BCUT2D eigenvalue weighted by atomic mass is 32.2. The number of aromatic nitrogens is 3. The van der Waals surface area contributed by atoms with Crippen molar-refractivity contribution < 1.29 is 45.8 Å². The van der Waals surface area contributed by atoms with Gasteiger partial charge in [0.2, 0.25) is 0 Å². The van der Waals surface area contributed by atoms with Gasteiger partial charge >= 0.3 is 18.3 Å². The van der Waals surface area contributed by atoms with Gasteiger partial charge in [-0.05, 0) is 131 Å². The topological polar surface area (TPSA) is 159 Å². The number of sulfone groups is 1. The first-order valence-corrected chi connectivity index (χ1v) is 21.5. The summed E-state index contributed by atoms with van der Waals surface area (Å²) >= 11 is 0. The minimum Gasteiger partial charge on any atom is -0.444 e. The molecule has 2 heterocycles. The van der Waals surface area contributed by atoms with Crippen LogP contribution in [0.5, 0.6) is 0 Å². The lowest BCUT2D eigenvalue weighted by Gasteiger charge is -2.31. The third kappa shape index (κ3) is 10.4. The van der Waals surface area contributed by atoms with Crippen LogP contribution in [0, 0.1) is 11.6 Å². The minimum atomic E-state index is -4.27. The van der Waals surface area contributed by atoms with Crippen LogP contribution in [0.4, 0.5) is 29.0 Å². The first-order valence-electron chi connectivity index (χ1n) is 19.8. The molecule has 0 bridgehead atoms. The van der Waals surface area contributed by atoms with Gasteiger partial charge in [-0.25, -0.2) is 36.6 Å². The van der Waals surface area contributed by atoms with E-state index in [2.05, 4.69) is 5.32 Å². The van der Waals surface area contributed by atoms with E-state index in [-0.39, 0.29) is 46.0 Å². The summed E-state index contributed by atoms with van der Waals surface area (Å²) in [6.45, 7) is 15.4. The van der Waals surface area contributed by atoms with Gasteiger partial charge in [-0.15, -0.1) is 0 Å². The summed E-state index contributed by atoms with van der Waals surface area (Å²) in [5, 5.41) is 8.26. The molecule has 2 aliphatic carbocycles. The van der Waals surface area contributed by atoms with E-state index in [1.54, 1.807) is 68.5 Å². The van der Waals surface area contributed by atoms with E-state index in [1.165, 1.54) is 24.3 Å². The molecule has 16 heteroatoms. The Morgan fingerprint density at radius 1 is 0.814 bits per heavy atom. The largest absolute Gasteiger partial charge is 0.444 e. The van der Waals surface area contributed by atoms with Crippen molar-refractivity contribution >= 4 is 44.8 Å². The van der Waals surface area contributed by atoms with Gasteiger partial charge in [-0.1, -0.05) is 24.3 Å². The molecule has 318 valence electrons. The van der Waals surface area contributed by atoms with Crippen molar-refractivity contribution in [1.29, 1.82) is 0 Å². The van der Waals surface area contributed by atoms with E-state index in [1.807, 2.05) is 4.68 Å². The number of halogens is 2. The highest BCUT2D eigenvalue weighted by molar-refractivity contribution is 7.90. The zero-order chi connectivity index (χ0) is 43.2. The molecule has 2 aliphatic rings. The summed E-state index contributed by atoms with van der Waals surface area (Å²) < 4.78 is 75.8. The standard InChI is InChI=1S/C43H53F2N5O8S/c1-41(2,3)56-38(51)47-28-18-16-25(17-19-28)30-23-46-37(49(39(52)57-42(4,5)6)40(53)58-43(7,8)9)34-35(48-50(36(30)34)29-20-21-29)26-14-15-27(32(45)22-26)24-59(54,55)33-13-11-10-12-31(33)44/h10-15,22-23,25,28-29H,16-21,24H2,1-9H3,(H,47,51). The molecule has 4 aromatic rings. The lowest BCUT2D eigenvalue weighted by Crippen LogP contribution is -2.44. The number of rotatable bonds is 8. The molecular weight excluding hydrogens is 785 g/mol. The number of hydrogen-bond acceptors (Lipinski definition) is 10. The van der Waals surface area contributed by atoms with Gasteiger partial charge in [-0.3, -0.25) is 4.68 Å². The van der Waals surface area contributed by atoms with E-state index < -0.39 is 67.2 Å². The fourth-order valence-corrected chi connectivity index (χ4v) is 8.56. The number of benzene rings is 2. The van der Waals surface area contributed by atoms with E-state index in [0.29, 0.717) is 31.2 Å². The third-order valence-electron chi connectivity index (χ3n) is 9.72. The Morgan fingerprint density at radius 2 is 1.41 bits per heavy atom. The van der Waals surface area contributed by atoms with Crippen molar-refractivity contribution in [2.45, 2.75) is 146 Å². The van der Waals surface area contributed by atoms with Crippen LogP contribution in [-0.4, -0.2) is 64.3 Å². The molecule has 0 unspecified atom stereocenters. The number of hydrogen-bond donors (Lipinski definition) is 1. The molecule has 0 spiro atoms. The van der Waals surface area contributed by atoms with Crippen LogP contribution < -0.4 is 10.2 Å². The minimum absolute atomic E-state index is 0.0445. The molecule has 2 fully saturated rings. The summed E-state index contributed by atoms with van der Waals surface area (Å²) in [7, 11) is -4.27. The number of carbonyl (C=O) groups is 3. The molecule has 0 radical (unpaired) electrons. The summed E-state index contributed by atoms with van der Waals surface area (Å²) in [5.74, 6) is -2.83. The van der Waals surface area contributed by atoms with Crippen LogP contribution in [0.3, 0.4) is 0 Å². The van der Waals surface area contributed by atoms with E-state index in [0.717, 1.165) is 41.5 Å². The number of nitrogens with zero attached hydrogens (tertiary/aromatic N) is 4. The molecule has 0 atom stereocenters. The number of pyridine rings is 1. The summed E-state index contributed by atoms with van der Waals surface area (Å²) in [4.78, 5) is 45.7. The highest BCUT2D eigenvalue weighted by Crippen LogP contribution is 2.47. The molecule has 2 aromatic carbocycles.